The zero-order valence-electron chi connectivity index (χ0n) is 17.9. The average molecular weight is 428 g/mol. The van der Waals surface area contributed by atoms with Crippen LogP contribution in [0.1, 0.15) is 42.5 Å². The maximum Gasteiger partial charge on any atom is 0.276 e. The lowest BCUT2D eigenvalue weighted by atomic mass is 10.1. The Balaban J connectivity index is 1.43. The number of hydrogen-bond donors (Lipinski definition) is 1. The fraction of sp³-hybridized carbons (Fsp3) is 0.292. The van der Waals surface area contributed by atoms with E-state index >= 15 is 0 Å². The first kappa shape index (κ1) is 20.1. The minimum atomic E-state index is -0.354. The van der Waals surface area contributed by atoms with E-state index in [4.69, 9.17) is 0 Å². The fourth-order valence-corrected chi connectivity index (χ4v) is 4.21. The molecule has 1 N–H and O–H groups in total. The van der Waals surface area contributed by atoms with Crippen LogP contribution in [0.3, 0.4) is 0 Å². The van der Waals surface area contributed by atoms with Crippen LogP contribution in [-0.2, 0) is 19.5 Å². The van der Waals surface area contributed by atoms with Crippen molar-refractivity contribution in [3.63, 3.8) is 0 Å². The molecule has 0 spiro atoms. The van der Waals surface area contributed by atoms with Crippen molar-refractivity contribution in [1.29, 1.82) is 0 Å². The second-order valence-electron chi connectivity index (χ2n) is 7.95. The lowest BCUT2D eigenvalue weighted by molar-refractivity contribution is 0.102. The minimum absolute atomic E-state index is 0.198. The number of fused-ring (bicyclic) bond motifs is 2. The predicted molar refractivity (Wildman–Crippen MR) is 123 cm³/mol. The van der Waals surface area contributed by atoms with Crippen molar-refractivity contribution < 1.29 is 4.79 Å². The first-order valence-corrected chi connectivity index (χ1v) is 11.0. The second-order valence-corrected chi connectivity index (χ2v) is 7.95. The van der Waals surface area contributed by atoms with Gasteiger partial charge in [-0.15, -0.1) is 10.2 Å². The summed E-state index contributed by atoms with van der Waals surface area (Å²) in [5.41, 5.74) is 1.64. The largest absolute Gasteiger partial charge is 0.321 e. The Labute approximate surface area is 184 Å². The summed E-state index contributed by atoms with van der Waals surface area (Å²) >= 11 is 0. The number of rotatable bonds is 4. The molecule has 5 rings (SSSR count). The van der Waals surface area contributed by atoms with Gasteiger partial charge in [-0.3, -0.25) is 9.59 Å². The van der Waals surface area contributed by atoms with E-state index in [1.807, 2.05) is 31.2 Å². The van der Waals surface area contributed by atoms with Crippen LogP contribution in [0.5, 0.6) is 0 Å². The first-order chi connectivity index (χ1) is 15.7. The maximum absolute atomic E-state index is 13.0. The molecule has 0 saturated carbocycles. The maximum atomic E-state index is 13.0. The lowest BCUT2D eigenvalue weighted by Gasteiger charge is -2.11. The molecule has 1 aliphatic rings. The summed E-state index contributed by atoms with van der Waals surface area (Å²) in [4.78, 5) is 25.6. The highest BCUT2D eigenvalue weighted by molar-refractivity contribution is 6.11. The minimum Gasteiger partial charge on any atom is -0.321 e. The fourth-order valence-electron chi connectivity index (χ4n) is 4.21. The van der Waals surface area contributed by atoms with E-state index in [9.17, 15) is 9.59 Å². The third-order valence-electron chi connectivity index (χ3n) is 5.89. The van der Waals surface area contributed by atoms with E-state index in [1.54, 1.807) is 24.3 Å². The van der Waals surface area contributed by atoms with Gasteiger partial charge in [0.1, 0.15) is 5.82 Å². The zero-order valence-corrected chi connectivity index (χ0v) is 17.9. The highest BCUT2D eigenvalue weighted by atomic mass is 16.2. The summed E-state index contributed by atoms with van der Waals surface area (Å²) in [7, 11) is 0. The number of amides is 1. The molecule has 32 heavy (non-hydrogen) atoms. The predicted octanol–water partition coefficient (Wildman–Crippen LogP) is 3.65. The van der Waals surface area contributed by atoms with Crippen molar-refractivity contribution in [3.05, 3.63) is 70.4 Å². The third kappa shape index (κ3) is 3.57. The van der Waals surface area contributed by atoms with E-state index in [0.717, 1.165) is 43.0 Å². The molecule has 0 unspecified atom stereocenters. The summed E-state index contributed by atoms with van der Waals surface area (Å²) in [6.07, 6.45) is 4.45. The average Bonchev–Trinajstić information content (AvgIpc) is 3.08. The van der Waals surface area contributed by atoms with Crippen LogP contribution < -0.4 is 10.9 Å². The SMILES string of the molecule is CCn1nc(C(=O)Nc2ccc(-c3nnc4n3CCCCC4)cc2)c2ccccc2c1=O. The topological polar surface area (TPSA) is 94.7 Å². The quantitative estimate of drug-likeness (QED) is 0.535. The molecule has 8 nitrogen and oxygen atoms in total. The van der Waals surface area contributed by atoms with E-state index in [2.05, 4.69) is 25.2 Å². The molecular formula is C24H24N6O2. The van der Waals surface area contributed by atoms with Gasteiger partial charge in [0, 0.05) is 36.1 Å². The summed E-state index contributed by atoms with van der Waals surface area (Å²) in [5, 5.41) is 17.0. The number of carbonyl (C=O) groups excluding carboxylic acids is 1. The van der Waals surface area contributed by atoms with Gasteiger partial charge in [0.05, 0.1) is 5.39 Å². The molecule has 4 aromatic rings. The Morgan fingerprint density at radius 3 is 2.56 bits per heavy atom. The summed E-state index contributed by atoms with van der Waals surface area (Å²) in [6, 6.07) is 14.6. The molecule has 162 valence electrons. The molecule has 2 aromatic carbocycles. The van der Waals surface area contributed by atoms with Crippen LogP contribution in [0.2, 0.25) is 0 Å². The molecule has 2 aromatic heterocycles. The van der Waals surface area contributed by atoms with Crippen molar-refractivity contribution in [2.75, 3.05) is 5.32 Å². The molecule has 0 radical (unpaired) electrons. The molecule has 0 aliphatic carbocycles. The van der Waals surface area contributed by atoms with Gasteiger partial charge in [-0.25, -0.2) is 4.68 Å². The van der Waals surface area contributed by atoms with Gasteiger partial charge in [-0.1, -0.05) is 24.6 Å². The lowest BCUT2D eigenvalue weighted by Crippen LogP contribution is -2.27. The van der Waals surface area contributed by atoms with Gasteiger partial charge in [-0.2, -0.15) is 5.10 Å². The monoisotopic (exact) mass is 428 g/mol. The van der Waals surface area contributed by atoms with E-state index in [-0.39, 0.29) is 17.2 Å². The number of carbonyl (C=O) groups is 1. The Morgan fingerprint density at radius 2 is 1.78 bits per heavy atom. The van der Waals surface area contributed by atoms with Crippen LogP contribution in [0, 0.1) is 0 Å². The molecule has 3 heterocycles. The molecular weight excluding hydrogens is 404 g/mol. The number of nitrogens with zero attached hydrogens (tertiary/aromatic N) is 5. The van der Waals surface area contributed by atoms with Crippen LogP contribution in [0.4, 0.5) is 5.69 Å². The van der Waals surface area contributed by atoms with Crippen molar-refractivity contribution in [2.45, 2.75) is 45.7 Å². The van der Waals surface area contributed by atoms with Gasteiger partial charge >= 0.3 is 0 Å². The van der Waals surface area contributed by atoms with Gasteiger partial charge in [-0.05, 0) is 50.1 Å². The molecule has 0 bridgehead atoms. The van der Waals surface area contributed by atoms with Crippen molar-refractivity contribution in [2.24, 2.45) is 0 Å². The number of anilines is 1. The number of aromatic nitrogens is 5. The zero-order chi connectivity index (χ0) is 22.1. The highest BCUT2D eigenvalue weighted by Crippen LogP contribution is 2.24. The van der Waals surface area contributed by atoms with Crippen LogP contribution in [-0.4, -0.2) is 30.5 Å². The van der Waals surface area contributed by atoms with Crippen molar-refractivity contribution >= 4 is 22.4 Å². The standard InChI is InChI=1S/C24H24N6O2/c1-2-30-24(32)19-9-6-5-8-18(19)21(28-30)23(31)25-17-13-11-16(12-14-17)22-27-26-20-10-4-3-7-15-29(20)22/h5-6,8-9,11-14H,2-4,7,10,15H2,1H3,(H,25,31). The summed E-state index contributed by atoms with van der Waals surface area (Å²) < 4.78 is 3.52. The first-order valence-electron chi connectivity index (χ1n) is 11.0. The normalized spacial score (nSPS) is 13.5. The van der Waals surface area contributed by atoms with E-state index < -0.39 is 0 Å². The van der Waals surface area contributed by atoms with Crippen LogP contribution >= 0.6 is 0 Å². The van der Waals surface area contributed by atoms with Crippen molar-refractivity contribution in [3.8, 4) is 11.4 Å². The van der Waals surface area contributed by atoms with E-state index in [1.165, 1.54) is 11.1 Å². The number of hydrogen-bond acceptors (Lipinski definition) is 5. The summed E-state index contributed by atoms with van der Waals surface area (Å²) in [5.74, 6) is 1.55. The Kier molecular flexibility index (Phi) is 5.26. The Morgan fingerprint density at radius 1 is 1.00 bits per heavy atom. The van der Waals surface area contributed by atoms with Gasteiger partial charge in [0.15, 0.2) is 11.5 Å². The van der Waals surface area contributed by atoms with Crippen LogP contribution in [0.25, 0.3) is 22.2 Å². The smallest absolute Gasteiger partial charge is 0.276 e. The van der Waals surface area contributed by atoms with Gasteiger partial charge < -0.3 is 9.88 Å². The number of aryl methyl sites for hydroxylation is 2. The van der Waals surface area contributed by atoms with Gasteiger partial charge in [0.2, 0.25) is 0 Å². The molecule has 0 saturated heterocycles. The van der Waals surface area contributed by atoms with Crippen LogP contribution in [0.15, 0.2) is 53.3 Å². The third-order valence-corrected chi connectivity index (χ3v) is 5.89. The Hall–Kier alpha value is -3.81. The highest BCUT2D eigenvalue weighted by Gasteiger charge is 2.18. The molecule has 0 fully saturated rings. The molecule has 0 atom stereocenters. The summed E-state index contributed by atoms with van der Waals surface area (Å²) in [6.45, 7) is 3.15. The molecule has 1 amide bonds. The number of benzene rings is 2. The second kappa shape index (κ2) is 8.37. The van der Waals surface area contributed by atoms with Crippen molar-refractivity contribution in [1.82, 2.24) is 24.5 Å². The molecule has 8 heteroatoms. The Bertz CT molecular complexity index is 1350. The van der Waals surface area contributed by atoms with Gasteiger partial charge in [0.25, 0.3) is 11.5 Å². The van der Waals surface area contributed by atoms with E-state index in [0.29, 0.717) is 23.0 Å². The number of nitrogens with one attached hydrogen (secondary N) is 1. The molecule has 1 aliphatic heterocycles.